The Bertz CT molecular complexity index is 342. The molecule has 0 aliphatic carbocycles. The third-order valence-electron chi connectivity index (χ3n) is 3.83. The van der Waals surface area contributed by atoms with E-state index >= 15 is 0 Å². The lowest BCUT2D eigenvalue weighted by atomic mass is 10.0. The number of hydrogen-bond donors (Lipinski definition) is 1. The van der Waals surface area contributed by atoms with Crippen molar-refractivity contribution >= 4 is 0 Å². The van der Waals surface area contributed by atoms with Gasteiger partial charge in [0.1, 0.15) is 0 Å². The minimum Gasteiger partial charge on any atom is -0.399 e. The molecule has 0 radical (unpaired) electrons. The van der Waals surface area contributed by atoms with Crippen molar-refractivity contribution in [1.82, 2.24) is 9.80 Å². The maximum absolute atomic E-state index is 6.18. The van der Waals surface area contributed by atoms with Gasteiger partial charge in [0.25, 0.3) is 0 Å². The van der Waals surface area contributed by atoms with Gasteiger partial charge in [0.05, 0.1) is 17.9 Å². The first-order chi connectivity index (χ1) is 9.00. The molecule has 0 saturated carbocycles. The van der Waals surface area contributed by atoms with E-state index in [4.69, 9.17) is 10.5 Å². The predicted molar refractivity (Wildman–Crippen MR) is 85.5 cm³/mol. The fourth-order valence-electron chi connectivity index (χ4n) is 2.31. The topological polar surface area (TPSA) is 41.7 Å². The Balaban J connectivity index is 2.55. The van der Waals surface area contributed by atoms with Crippen LogP contribution in [0.5, 0.6) is 0 Å². The van der Waals surface area contributed by atoms with Crippen LogP contribution in [-0.2, 0) is 4.74 Å². The molecule has 0 spiro atoms. The van der Waals surface area contributed by atoms with E-state index in [0.717, 1.165) is 31.9 Å². The van der Waals surface area contributed by atoms with Gasteiger partial charge in [-0.05, 0) is 48.5 Å². The van der Waals surface area contributed by atoms with Gasteiger partial charge in [-0.3, -0.25) is 4.90 Å². The van der Waals surface area contributed by atoms with E-state index in [1.807, 2.05) is 0 Å². The standard InChI is InChI=1S/C16H33N3O/c1-13(14(17)12-20-16(5,6)7)18-8-10-19(11-9-18)15(2,3)4/h8-12,17H2,1-7H3/b14-13+. The van der Waals surface area contributed by atoms with Crippen LogP contribution in [0.3, 0.4) is 0 Å². The van der Waals surface area contributed by atoms with Crippen molar-refractivity contribution in [1.29, 1.82) is 0 Å². The average molecular weight is 283 g/mol. The van der Waals surface area contributed by atoms with Crippen molar-refractivity contribution in [3.8, 4) is 0 Å². The second-order valence-corrected chi connectivity index (χ2v) is 7.66. The molecule has 20 heavy (non-hydrogen) atoms. The largest absolute Gasteiger partial charge is 0.399 e. The Hall–Kier alpha value is -0.740. The lowest BCUT2D eigenvalue weighted by Gasteiger charge is -2.43. The summed E-state index contributed by atoms with van der Waals surface area (Å²) in [6, 6.07) is 0. The maximum atomic E-state index is 6.18. The third-order valence-corrected chi connectivity index (χ3v) is 3.83. The fraction of sp³-hybridized carbons (Fsp3) is 0.875. The number of hydrogen-bond acceptors (Lipinski definition) is 4. The molecule has 1 rings (SSSR count). The highest BCUT2D eigenvalue weighted by Gasteiger charge is 2.26. The molecule has 1 aliphatic heterocycles. The number of piperazine rings is 1. The normalized spacial score (nSPS) is 20.1. The molecule has 0 aromatic carbocycles. The summed E-state index contributed by atoms with van der Waals surface area (Å²) in [5, 5.41) is 0. The molecule has 0 amide bonds. The molecule has 0 bridgehead atoms. The van der Waals surface area contributed by atoms with Gasteiger partial charge in [0, 0.05) is 37.4 Å². The van der Waals surface area contributed by atoms with Crippen molar-refractivity contribution in [2.75, 3.05) is 32.8 Å². The Kier molecular flexibility index (Phi) is 5.50. The third kappa shape index (κ3) is 5.33. The van der Waals surface area contributed by atoms with E-state index < -0.39 is 0 Å². The van der Waals surface area contributed by atoms with Crippen molar-refractivity contribution in [2.24, 2.45) is 5.73 Å². The Labute approximate surface area is 124 Å². The summed E-state index contributed by atoms with van der Waals surface area (Å²) < 4.78 is 5.76. The van der Waals surface area contributed by atoms with Crippen LogP contribution < -0.4 is 5.73 Å². The lowest BCUT2D eigenvalue weighted by molar-refractivity contribution is 0.00903. The molecule has 2 N–H and O–H groups in total. The second-order valence-electron chi connectivity index (χ2n) is 7.66. The number of ether oxygens (including phenoxy) is 1. The number of nitrogens with zero attached hydrogens (tertiary/aromatic N) is 2. The quantitative estimate of drug-likeness (QED) is 0.863. The van der Waals surface area contributed by atoms with E-state index in [0.29, 0.717) is 6.61 Å². The smallest absolute Gasteiger partial charge is 0.0884 e. The van der Waals surface area contributed by atoms with Crippen LogP contribution in [0.15, 0.2) is 11.4 Å². The highest BCUT2D eigenvalue weighted by molar-refractivity contribution is 5.09. The first kappa shape index (κ1) is 17.3. The zero-order chi connectivity index (χ0) is 15.6. The number of rotatable bonds is 3. The molecule has 0 aromatic rings. The average Bonchev–Trinajstić information content (AvgIpc) is 2.33. The Morgan fingerprint density at radius 1 is 1.00 bits per heavy atom. The predicted octanol–water partition coefficient (Wildman–Crippen LogP) is 2.41. The van der Waals surface area contributed by atoms with Gasteiger partial charge in [0.2, 0.25) is 0 Å². The summed E-state index contributed by atoms with van der Waals surface area (Å²) in [7, 11) is 0. The summed E-state index contributed by atoms with van der Waals surface area (Å²) in [5.41, 5.74) is 8.31. The zero-order valence-electron chi connectivity index (χ0n) is 14.4. The molecular formula is C16H33N3O. The highest BCUT2D eigenvalue weighted by Crippen LogP contribution is 2.19. The van der Waals surface area contributed by atoms with E-state index in [2.05, 4.69) is 58.3 Å². The second kappa shape index (κ2) is 6.35. The van der Waals surface area contributed by atoms with Crippen LogP contribution in [0.1, 0.15) is 48.5 Å². The highest BCUT2D eigenvalue weighted by atomic mass is 16.5. The summed E-state index contributed by atoms with van der Waals surface area (Å²) in [6.45, 7) is 19.9. The molecule has 4 heteroatoms. The van der Waals surface area contributed by atoms with Gasteiger partial charge in [-0.1, -0.05) is 0 Å². The first-order valence-electron chi connectivity index (χ1n) is 7.60. The van der Waals surface area contributed by atoms with Gasteiger partial charge in [-0.25, -0.2) is 0 Å². The van der Waals surface area contributed by atoms with Gasteiger partial charge in [-0.2, -0.15) is 0 Å². The maximum Gasteiger partial charge on any atom is 0.0884 e. The summed E-state index contributed by atoms with van der Waals surface area (Å²) in [4.78, 5) is 4.90. The molecule has 118 valence electrons. The molecule has 0 unspecified atom stereocenters. The van der Waals surface area contributed by atoms with E-state index in [1.54, 1.807) is 0 Å². The Morgan fingerprint density at radius 2 is 1.50 bits per heavy atom. The molecule has 1 heterocycles. The van der Waals surface area contributed by atoms with Crippen molar-refractivity contribution in [3.63, 3.8) is 0 Å². The van der Waals surface area contributed by atoms with Gasteiger partial charge in [0.15, 0.2) is 0 Å². The SMILES string of the molecule is C/C(=C(\N)COC(C)(C)C)N1CCN(C(C)(C)C)CC1. The molecule has 1 fully saturated rings. The summed E-state index contributed by atoms with van der Waals surface area (Å²) in [5.74, 6) is 0. The van der Waals surface area contributed by atoms with Crippen LogP contribution in [-0.4, -0.2) is 53.7 Å². The van der Waals surface area contributed by atoms with Gasteiger partial charge >= 0.3 is 0 Å². The molecular weight excluding hydrogens is 250 g/mol. The molecule has 1 aliphatic rings. The zero-order valence-corrected chi connectivity index (χ0v) is 14.4. The molecule has 4 nitrogen and oxygen atoms in total. The van der Waals surface area contributed by atoms with E-state index in [1.165, 1.54) is 5.70 Å². The van der Waals surface area contributed by atoms with Crippen LogP contribution in [0.25, 0.3) is 0 Å². The molecule has 0 atom stereocenters. The van der Waals surface area contributed by atoms with E-state index in [9.17, 15) is 0 Å². The molecule has 1 saturated heterocycles. The van der Waals surface area contributed by atoms with Crippen LogP contribution in [0.4, 0.5) is 0 Å². The van der Waals surface area contributed by atoms with Gasteiger partial charge < -0.3 is 15.4 Å². The van der Waals surface area contributed by atoms with Crippen molar-refractivity contribution in [2.45, 2.75) is 59.6 Å². The minimum atomic E-state index is -0.143. The number of nitrogens with two attached hydrogens (primary N) is 1. The first-order valence-corrected chi connectivity index (χ1v) is 7.60. The van der Waals surface area contributed by atoms with Crippen molar-refractivity contribution in [3.05, 3.63) is 11.4 Å². The Morgan fingerprint density at radius 3 is 1.90 bits per heavy atom. The van der Waals surface area contributed by atoms with Crippen LogP contribution >= 0.6 is 0 Å². The molecule has 0 aromatic heterocycles. The fourth-order valence-corrected chi connectivity index (χ4v) is 2.31. The summed E-state index contributed by atoms with van der Waals surface area (Å²) in [6.07, 6.45) is 0. The van der Waals surface area contributed by atoms with Gasteiger partial charge in [-0.15, -0.1) is 0 Å². The van der Waals surface area contributed by atoms with Crippen molar-refractivity contribution < 1.29 is 4.74 Å². The number of allylic oxidation sites excluding steroid dienone is 1. The minimum absolute atomic E-state index is 0.143. The monoisotopic (exact) mass is 283 g/mol. The van der Waals surface area contributed by atoms with E-state index in [-0.39, 0.29) is 11.1 Å². The van der Waals surface area contributed by atoms with Crippen LogP contribution in [0, 0.1) is 0 Å². The lowest BCUT2D eigenvalue weighted by Crippen LogP contribution is -2.53. The summed E-state index contributed by atoms with van der Waals surface area (Å²) >= 11 is 0. The van der Waals surface area contributed by atoms with Crippen LogP contribution in [0.2, 0.25) is 0 Å².